The minimum absolute atomic E-state index is 0.0505. The summed E-state index contributed by atoms with van der Waals surface area (Å²) >= 11 is 0. The molecule has 0 spiro atoms. The second-order valence-electron chi connectivity index (χ2n) is 7.46. The first-order chi connectivity index (χ1) is 13.6. The van der Waals surface area contributed by atoms with Gasteiger partial charge in [0.1, 0.15) is 0 Å². The lowest BCUT2D eigenvalue weighted by molar-refractivity contribution is -0.150. The Labute approximate surface area is 167 Å². The lowest BCUT2D eigenvalue weighted by atomic mass is 9.98. The highest BCUT2D eigenvalue weighted by Crippen LogP contribution is 2.18. The summed E-state index contributed by atoms with van der Waals surface area (Å²) in [4.78, 5) is 28.7. The van der Waals surface area contributed by atoms with Crippen molar-refractivity contribution in [1.29, 1.82) is 0 Å². The van der Waals surface area contributed by atoms with Crippen LogP contribution in [0.2, 0.25) is 0 Å². The molecule has 0 saturated carbocycles. The van der Waals surface area contributed by atoms with Gasteiger partial charge in [0.25, 0.3) is 0 Å². The van der Waals surface area contributed by atoms with Gasteiger partial charge in [0.2, 0.25) is 5.91 Å². The summed E-state index contributed by atoms with van der Waals surface area (Å²) in [6.45, 7) is 8.35. The number of morpholine rings is 1. The number of carbonyl (C=O) groups excluding carboxylic acids is 2. The maximum Gasteiger partial charge on any atom is 0.310 e. The summed E-state index contributed by atoms with van der Waals surface area (Å²) in [7, 11) is 0. The fraction of sp³-hybridized carbons (Fsp3) is 0.619. The molecule has 7 heteroatoms. The maximum atomic E-state index is 12.4. The first-order valence-electron chi connectivity index (χ1n) is 10.2. The molecule has 0 unspecified atom stereocenters. The van der Waals surface area contributed by atoms with Crippen molar-refractivity contribution in [1.82, 2.24) is 9.80 Å². The van der Waals surface area contributed by atoms with E-state index in [9.17, 15) is 9.59 Å². The molecule has 0 aliphatic carbocycles. The number of amides is 1. The number of hydrogen-bond acceptors (Lipinski definition) is 6. The van der Waals surface area contributed by atoms with E-state index in [1.165, 1.54) is 5.56 Å². The fourth-order valence-corrected chi connectivity index (χ4v) is 3.77. The van der Waals surface area contributed by atoms with Gasteiger partial charge in [-0.2, -0.15) is 0 Å². The van der Waals surface area contributed by atoms with Gasteiger partial charge < -0.3 is 14.8 Å². The van der Waals surface area contributed by atoms with Gasteiger partial charge in [-0.25, -0.2) is 0 Å². The SMILES string of the molecule is CCOC(=O)[C@@H]1CCCN(CC(=O)Nc2ccc(CN3CCOCC3)cc2)C1. The van der Waals surface area contributed by atoms with Gasteiger partial charge in [0.05, 0.1) is 32.3 Å². The third kappa shape index (κ3) is 6.29. The second kappa shape index (κ2) is 10.5. The van der Waals surface area contributed by atoms with Gasteiger partial charge in [0.15, 0.2) is 0 Å². The Bertz CT molecular complexity index is 644. The molecule has 2 aliphatic rings. The standard InChI is InChI=1S/C21H31N3O4/c1-2-28-21(26)18-4-3-9-24(15-18)16-20(25)22-19-7-5-17(6-8-19)14-23-10-12-27-13-11-23/h5-8,18H,2-4,9-16H2,1H3,(H,22,25)/t18-/m1/s1. The van der Waals surface area contributed by atoms with Gasteiger partial charge in [0, 0.05) is 31.9 Å². The largest absolute Gasteiger partial charge is 0.466 e. The van der Waals surface area contributed by atoms with Gasteiger partial charge in [-0.3, -0.25) is 19.4 Å². The lowest BCUT2D eigenvalue weighted by Gasteiger charge is -2.30. The van der Waals surface area contributed by atoms with Crippen molar-refractivity contribution >= 4 is 17.6 Å². The van der Waals surface area contributed by atoms with E-state index < -0.39 is 0 Å². The predicted molar refractivity (Wildman–Crippen MR) is 107 cm³/mol. The number of piperidine rings is 1. The number of likely N-dealkylation sites (tertiary alicyclic amines) is 1. The Morgan fingerprint density at radius 1 is 1.14 bits per heavy atom. The molecule has 2 saturated heterocycles. The van der Waals surface area contributed by atoms with Crippen LogP contribution in [-0.2, 0) is 25.6 Å². The van der Waals surface area contributed by atoms with Crippen molar-refractivity contribution in [3.8, 4) is 0 Å². The van der Waals surface area contributed by atoms with E-state index >= 15 is 0 Å². The number of carbonyl (C=O) groups is 2. The molecule has 2 fully saturated rings. The molecule has 2 heterocycles. The maximum absolute atomic E-state index is 12.4. The molecule has 154 valence electrons. The molecule has 28 heavy (non-hydrogen) atoms. The Hall–Kier alpha value is -1.96. The van der Waals surface area contributed by atoms with Gasteiger partial charge in [-0.1, -0.05) is 12.1 Å². The van der Waals surface area contributed by atoms with E-state index in [1.807, 2.05) is 24.0 Å². The van der Waals surface area contributed by atoms with Crippen LogP contribution in [0.25, 0.3) is 0 Å². The van der Waals surface area contributed by atoms with Crippen molar-refractivity contribution < 1.29 is 19.1 Å². The molecule has 2 aliphatic heterocycles. The van der Waals surface area contributed by atoms with Gasteiger partial charge in [-0.05, 0) is 44.0 Å². The van der Waals surface area contributed by atoms with Crippen molar-refractivity contribution in [3.63, 3.8) is 0 Å². The van der Waals surface area contributed by atoms with E-state index in [4.69, 9.17) is 9.47 Å². The molecule has 1 amide bonds. The molecule has 0 aromatic heterocycles. The van der Waals surface area contributed by atoms with Crippen molar-refractivity contribution in [2.75, 3.05) is 57.9 Å². The number of rotatable bonds is 7. The number of anilines is 1. The molecular weight excluding hydrogens is 358 g/mol. The van der Waals surface area contributed by atoms with Crippen LogP contribution in [-0.4, -0.2) is 74.2 Å². The molecule has 1 atom stereocenters. The van der Waals surface area contributed by atoms with E-state index in [-0.39, 0.29) is 17.8 Å². The number of ether oxygens (including phenoxy) is 2. The van der Waals surface area contributed by atoms with Crippen LogP contribution in [0, 0.1) is 5.92 Å². The van der Waals surface area contributed by atoms with E-state index in [1.54, 1.807) is 0 Å². The average molecular weight is 389 g/mol. The molecule has 3 rings (SSSR count). The number of esters is 1. The number of nitrogens with zero attached hydrogens (tertiary/aromatic N) is 2. The molecule has 0 bridgehead atoms. The van der Waals surface area contributed by atoms with Crippen LogP contribution >= 0.6 is 0 Å². The normalized spacial score (nSPS) is 21.2. The lowest BCUT2D eigenvalue weighted by Crippen LogP contribution is -2.43. The third-order valence-electron chi connectivity index (χ3n) is 5.24. The van der Waals surface area contributed by atoms with Crippen LogP contribution in [0.15, 0.2) is 24.3 Å². The van der Waals surface area contributed by atoms with Crippen LogP contribution < -0.4 is 5.32 Å². The number of benzene rings is 1. The highest BCUT2D eigenvalue weighted by Gasteiger charge is 2.27. The van der Waals surface area contributed by atoms with Crippen molar-refractivity contribution in [2.24, 2.45) is 5.92 Å². The summed E-state index contributed by atoms with van der Waals surface area (Å²) in [5.74, 6) is -0.324. The number of hydrogen-bond donors (Lipinski definition) is 1. The summed E-state index contributed by atoms with van der Waals surface area (Å²) in [6, 6.07) is 8.02. The summed E-state index contributed by atoms with van der Waals surface area (Å²) in [5.41, 5.74) is 2.03. The first-order valence-corrected chi connectivity index (χ1v) is 10.2. The minimum Gasteiger partial charge on any atom is -0.466 e. The Morgan fingerprint density at radius 2 is 1.89 bits per heavy atom. The van der Waals surface area contributed by atoms with E-state index in [0.29, 0.717) is 19.7 Å². The minimum atomic E-state index is -0.150. The highest BCUT2D eigenvalue weighted by molar-refractivity contribution is 5.92. The average Bonchev–Trinajstić information content (AvgIpc) is 2.70. The zero-order chi connectivity index (χ0) is 19.8. The highest BCUT2D eigenvalue weighted by atomic mass is 16.5. The Balaban J connectivity index is 1.44. The van der Waals surface area contributed by atoms with E-state index in [0.717, 1.165) is 57.9 Å². The summed E-state index contributed by atoms with van der Waals surface area (Å²) < 4.78 is 10.5. The summed E-state index contributed by atoms with van der Waals surface area (Å²) in [6.07, 6.45) is 1.74. The molecular formula is C21H31N3O4. The zero-order valence-electron chi connectivity index (χ0n) is 16.7. The first kappa shape index (κ1) is 20.8. The molecule has 1 N–H and O–H groups in total. The van der Waals surface area contributed by atoms with Crippen LogP contribution in [0.3, 0.4) is 0 Å². The quantitative estimate of drug-likeness (QED) is 0.716. The van der Waals surface area contributed by atoms with Crippen molar-refractivity contribution in [2.45, 2.75) is 26.3 Å². The Kier molecular flexibility index (Phi) is 7.82. The fourth-order valence-electron chi connectivity index (χ4n) is 3.77. The molecule has 7 nitrogen and oxygen atoms in total. The monoisotopic (exact) mass is 389 g/mol. The predicted octanol–water partition coefficient (Wildman–Crippen LogP) is 1.73. The van der Waals surface area contributed by atoms with E-state index in [2.05, 4.69) is 22.3 Å². The topological polar surface area (TPSA) is 71.1 Å². The van der Waals surface area contributed by atoms with Crippen LogP contribution in [0.1, 0.15) is 25.3 Å². The number of nitrogens with one attached hydrogen (secondary N) is 1. The zero-order valence-corrected chi connectivity index (χ0v) is 16.7. The van der Waals surface area contributed by atoms with Crippen molar-refractivity contribution in [3.05, 3.63) is 29.8 Å². The smallest absolute Gasteiger partial charge is 0.310 e. The second-order valence-corrected chi connectivity index (χ2v) is 7.46. The van der Waals surface area contributed by atoms with Gasteiger partial charge in [-0.15, -0.1) is 0 Å². The third-order valence-corrected chi connectivity index (χ3v) is 5.24. The molecule has 1 aromatic rings. The van der Waals surface area contributed by atoms with Crippen LogP contribution in [0.5, 0.6) is 0 Å². The van der Waals surface area contributed by atoms with Gasteiger partial charge >= 0.3 is 5.97 Å². The van der Waals surface area contributed by atoms with Crippen LogP contribution in [0.4, 0.5) is 5.69 Å². The Morgan fingerprint density at radius 3 is 2.61 bits per heavy atom. The molecule has 0 radical (unpaired) electrons. The summed E-state index contributed by atoms with van der Waals surface area (Å²) in [5, 5.41) is 2.96. The molecule has 1 aromatic carbocycles.